The molecule has 8 amide bonds. The number of halogens is 1. The van der Waals surface area contributed by atoms with Gasteiger partial charge >= 0.3 is 30.0 Å². The molecule has 2 fully saturated rings. The van der Waals surface area contributed by atoms with Crippen LogP contribution < -0.4 is 26.0 Å². The second-order valence-electron chi connectivity index (χ2n) is 26.3. The topological polar surface area (TPSA) is 364 Å². The van der Waals surface area contributed by atoms with Crippen molar-refractivity contribution in [1.29, 1.82) is 0 Å². The number of nitrogens with two attached hydrogens (primary N) is 1. The molecular weight excluding hydrogens is 1280 g/mol. The van der Waals surface area contributed by atoms with Crippen molar-refractivity contribution < 1.29 is 96.3 Å². The summed E-state index contributed by atoms with van der Waals surface area (Å²) < 4.78 is 28.8. The molecule has 0 aromatic heterocycles. The summed E-state index contributed by atoms with van der Waals surface area (Å²) in [5.74, 6) is -7.66. The summed E-state index contributed by atoms with van der Waals surface area (Å²) in [5.41, 5.74) is 4.99. The van der Waals surface area contributed by atoms with E-state index in [1.807, 2.05) is 13.0 Å². The zero-order valence-electron chi connectivity index (χ0n) is 57.6. The minimum atomic E-state index is -1.75. The second kappa shape index (κ2) is 36.4. The Morgan fingerprint density at radius 2 is 1.56 bits per heavy atom. The first-order chi connectivity index (χ1) is 45.6. The lowest BCUT2D eigenvalue weighted by atomic mass is 9.70. The van der Waals surface area contributed by atoms with Crippen LogP contribution in [-0.4, -0.2) is 187 Å². The number of ether oxygens (including phenoxy) is 5. The molecule has 4 bridgehead atoms. The Morgan fingerprint density at radius 1 is 0.907 bits per heavy atom. The average molecular weight is 1380 g/mol. The third-order valence-corrected chi connectivity index (χ3v) is 18.5. The van der Waals surface area contributed by atoms with Crippen LogP contribution in [-0.2, 0) is 91.2 Å². The molecule has 6 N–H and O–H groups in total. The number of Topliss-reactive ketones (excluding diaryl/α,β-unsaturated/α-hetero) is 2. The zero-order chi connectivity index (χ0) is 72.2. The fourth-order valence-corrected chi connectivity index (χ4v) is 12.0. The van der Waals surface area contributed by atoms with Gasteiger partial charge in [0.2, 0.25) is 17.7 Å². The van der Waals surface area contributed by atoms with E-state index in [0.717, 1.165) is 16.0 Å². The van der Waals surface area contributed by atoms with Gasteiger partial charge in [-0.3, -0.25) is 38.4 Å². The Kier molecular flexibility index (Phi) is 29.8. The van der Waals surface area contributed by atoms with Crippen LogP contribution in [0.4, 0.5) is 15.3 Å². The number of aliphatic hydroxyl groups is 2. The molecule has 0 radical (unpaired) electrons. The molecule has 27 nitrogen and oxygen atoms in total. The molecule has 5 rings (SSSR count). The fourth-order valence-electron chi connectivity index (χ4n) is 11.7. The van der Waals surface area contributed by atoms with Gasteiger partial charge in [0.1, 0.15) is 53.1 Å². The van der Waals surface area contributed by atoms with Gasteiger partial charge in [0.05, 0.1) is 37.8 Å². The fraction of sp³-hybridized carbons (Fsp3) is 0.594. The van der Waals surface area contributed by atoms with E-state index in [1.165, 1.54) is 52.1 Å². The Balaban J connectivity index is 1.19. The first-order valence-corrected chi connectivity index (χ1v) is 32.9. The summed E-state index contributed by atoms with van der Waals surface area (Å²) in [6, 6.07) is 7.04. The number of ketones is 2. The van der Waals surface area contributed by atoms with Gasteiger partial charge in [-0.25, -0.2) is 19.2 Å². The van der Waals surface area contributed by atoms with Gasteiger partial charge in [0, 0.05) is 110 Å². The Hall–Kier alpha value is -8.27. The Labute approximate surface area is 571 Å². The molecule has 3 heterocycles. The van der Waals surface area contributed by atoms with Crippen molar-refractivity contribution in [3.05, 3.63) is 81.9 Å². The predicted molar refractivity (Wildman–Crippen MR) is 353 cm³/mol. The number of amides is 8. The molecule has 0 aliphatic carbocycles. The number of primary amides is 1. The van der Waals surface area contributed by atoms with E-state index >= 15 is 0 Å². The van der Waals surface area contributed by atoms with Crippen LogP contribution in [0.25, 0.3) is 0 Å². The third kappa shape index (κ3) is 22.6. The van der Waals surface area contributed by atoms with Crippen LogP contribution in [0.3, 0.4) is 0 Å². The van der Waals surface area contributed by atoms with E-state index in [9.17, 15) is 67.7 Å². The molecule has 534 valence electrons. The van der Waals surface area contributed by atoms with Crippen molar-refractivity contribution in [3.8, 4) is 5.75 Å². The maximum absolute atomic E-state index is 14.5. The van der Waals surface area contributed by atoms with Gasteiger partial charge in [-0.15, -0.1) is 5.06 Å². The van der Waals surface area contributed by atoms with Crippen LogP contribution in [0.5, 0.6) is 5.75 Å². The third-order valence-electron chi connectivity index (χ3n) is 18.2. The molecule has 0 saturated carbocycles. The van der Waals surface area contributed by atoms with E-state index in [1.54, 1.807) is 83.2 Å². The number of methoxy groups -OCH3 is 2. The number of rotatable bonds is 28. The van der Waals surface area contributed by atoms with Crippen molar-refractivity contribution in [1.82, 2.24) is 25.5 Å². The van der Waals surface area contributed by atoms with E-state index in [4.69, 9.17) is 45.9 Å². The number of carbonyl (C=O) groups excluding carboxylic acids is 12. The number of anilines is 1. The van der Waals surface area contributed by atoms with Crippen molar-refractivity contribution in [2.75, 3.05) is 53.4 Å². The first kappa shape index (κ1) is 79.4. The molecule has 2 aromatic rings. The lowest BCUT2D eigenvalue weighted by molar-refractivity contribution is -0.197. The number of hydrogen-bond acceptors (Lipinski definition) is 20. The molecule has 3 aliphatic heterocycles. The molecule has 28 heteroatoms. The summed E-state index contributed by atoms with van der Waals surface area (Å²) in [6.45, 7) is 11.4. The second-order valence-corrected chi connectivity index (χ2v) is 26.7. The minimum absolute atomic E-state index is 0.0395. The highest BCUT2D eigenvalue weighted by atomic mass is 35.5. The minimum Gasteiger partial charge on any atom is -0.495 e. The summed E-state index contributed by atoms with van der Waals surface area (Å²) in [6.07, 6.45) is -0.923. The summed E-state index contributed by atoms with van der Waals surface area (Å²) >= 11 is 6.84. The average Bonchev–Trinajstić information content (AvgIpc) is 1.01. The van der Waals surface area contributed by atoms with Crippen LogP contribution in [0.2, 0.25) is 5.02 Å². The quantitative estimate of drug-likeness (QED) is 0.0278. The smallest absolute Gasteiger partial charge is 0.409 e. The Morgan fingerprint density at radius 3 is 2.19 bits per heavy atom. The van der Waals surface area contributed by atoms with Crippen molar-refractivity contribution in [2.24, 2.45) is 28.9 Å². The van der Waals surface area contributed by atoms with Gasteiger partial charge in [-0.1, -0.05) is 94.3 Å². The van der Waals surface area contributed by atoms with Crippen LogP contribution >= 0.6 is 11.6 Å². The van der Waals surface area contributed by atoms with Crippen LogP contribution in [0.1, 0.15) is 149 Å². The van der Waals surface area contributed by atoms with Gasteiger partial charge in [-0.2, -0.15) is 0 Å². The first-order valence-electron chi connectivity index (χ1n) is 32.6. The number of aliphatic hydroxyl groups excluding tert-OH is 1. The summed E-state index contributed by atoms with van der Waals surface area (Å²) in [4.78, 5) is 165. The monoisotopic (exact) mass is 1380 g/mol. The number of allylic oxidation sites excluding steroid dienone is 3. The van der Waals surface area contributed by atoms with E-state index in [0.29, 0.717) is 22.6 Å². The number of nitrogens with one attached hydrogen (secondary N) is 2. The maximum Gasteiger partial charge on any atom is 0.409 e. The molecule has 97 heavy (non-hydrogen) atoms. The largest absolute Gasteiger partial charge is 0.495 e. The van der Waals surface area contributed by atoms with Crippen molar-refractivity contribution in [2.45, 2.75) is 193 Å². The van der Waals surface area contributed by atoms with Crippen molar-refractivity contribution in [3.63, 3.8) is 0 Å². The number of nitrogens with zero attached hydrogens (tertiary/aromatic N) is 4. The van der Waals surface area contributed by atoms with E-state index in [2.05, 4.69) is 10.6 Å². The molecule has 3 aliphatic rings. The zero-order valence-corrected chi connectivity index (χ0v) is 58.4. The number of benzene rings is 2. The number of unbranched alkanes of at least 4 members (excludes halogenated alkanes) is 1. The number of likely N-dealkylation sites (N-methyl/N-ethyl adjacent to an activating group) is 1. The number of fused-ring (bicyclic) bond motifs is 4. The summed E-state index contributed by atoms with van der Waals surface area (Å²) in [5, 5.41) is 30.2. The molecular formula is C69H96ClN7O20. The highest BCUT2D eigenvalue weighted by Crippen LogP contribution is 2.42. The normalized spacial score (nSPS) is 22.4. The SMILES string of the molecule is COc1cc2cc(c1Cl)N(C)C(=O)C[C@H](OC(=O)[C@H](C)N(C)C(=O)CCN(C)C(=O)OCc1ccc(CC(=O)[C@H](CCCNC(N)=O)NC(=O)[C@@H](CC(=O)CCCCC(=O)ON3C(=O)CCC3=O)C(C)C)cc1)C(C)(C)[C@@H](O)[C@H](C)[C@@H]1C[C@@](O)(CC(=O)O1)[C@H](OC)/C=C/C=C(\C)C2. The Bertz CT molecular complexity index is 3250. The number of urea groups is 1. The number of carbonyl (C=O) groups is 12. The predicted octanol–water partition coefficient (Wildman–Crippen LogP) is 6.10. The van der Waals surface area contributed by atoms with Gasteiger partial charge in [-0.05, 0) is 80.7 Å². The van der Waals surface area contributed by atoms with Gasteiger partial charge in [0.15, 0.2) is 5.78 Å². The highest BCUT2D eigenvalue weighted by Gasteiger charge is 2.52. The molecule has 0 unspecified atom stereocenters. The molecule has 0 spiro atoms. The van der Waals surface area contributed by atoms with Crippen LogP contribution in [0.15, 0.2) is 60.2 Å². The van der Waals surface area contributed by atoms with E-state index < -0.39 is 132 Å². The molecule has 9 atom stereocenters. The van der Waals surface area contributed by atoms with Gasteiger partial charge in [0.25, 0.3) is 11.8 Å². The summed E-state index contributed by atoms with van der Waals surface area (Å²) in [7, 11) is 7.14. The van der Waals surface area contributed by atoms with E-state index in [-0.39, 0.29) is 131 Å². The lowest BCUT2D eigenvalue weighted by Gasteiger charge is -2.46. The number of hydroxylamine groups is 2. The number of hydrogen-bond donors (Lipinski definition) is 5. The molecule has 2 saturated heterocycles. The standard InChI is InChI=1S/C69H96ClN7O20/c1-40(2)48(35-47(78)18-13-14-21-60(84)97-77-57(81)26-27-58(77)82)64(87)73-49(19-16-29-72-66(71)89)51(79)33-44-22-24-45(25-23-44)39-94-67(90)74(8)30-28-56(80)75(9)43(5)65(88)96-55-36-59(83)76(10)50-32-46(34-52(92-11)62(50)70)31-41(3)17-15-20-54(93-12)69(91)37-53(95-61(85)38-69)42(4)63(86)68(55,6)7/h15,17,20,22-25,32,34,40,42-43,48-49,53-55,63,86,91H,13-14,16,18-19,21,26-31,33,35-39H2,1-12H3,(H,73,87)(H3,71,72,89)/b20-15+,41-17+/t42-,43+,48+,49+,53+,54-,55+,63+,69-/m1/s1. The van der Waals surface area contributed by atoms with Crippen molar-refractivity contribution >= 4 is 88.4 Å². The highest BCUT2D eigenvalue weighted by molar-refractivity contribution is 6.35. The maximum atomic E-state index is 14.5. The molecule has 2 aromatic carbocycles. The van der Waals surface area contributed by atoms with Gasteiger partial charge < -0.3 is 69.8 Å². The lowest BCUT2D eigenvalue weighted by Crippen LogP contribution is -2.56. The number of imide groups is 1. The van der Waals surface area contributed by atoms with Crippen LogP contribution in [0, 0.1) is 23.2 Å². The number of esters is 2.